The molecule has 174 valence electrons. The Labute approximate surface area is 189 Å². The van der Waals surface area contributed by atoms with Crippen molar-refractivity contribution in [3.63, 3.8) is 0 Å². The van der Waals surface area contributed by atoms with E-state index in [2.05, 4.69) is 28.9 Å². The molecule has 2 heterocycles. The average Bonchev–Trinajstić information content (AvgIpc) is 3.41. The third-order valence-electron chi connectivity index (χ3n) is 4.60. The summed E-state index contributed by atoms with van der Waals surface area (Å²) in [7, 11) is 0.391. The zero-order valence-corrected chi connectivity index (χ0v) is 18.9. The Bertz CT molecular complexity index is 1420. The number of carbonyl (C=O) groups is 2. The molecule has 33 heavy (non-hydrogen) atoms. The summed E-state index contributed by atoms with van der Waals surface area (Å²) in [6.07, 6.45) is 0. The van der Waals surface area contributed by atoms with Crippen LogP contribution in [0.5, 0.6) is 0 Å². The third-order valence-corrected chi connectivity index (χ3v) is 5.64. The fourth-order valence-electron chi connectivity index (χ4n) is 2.98. The maximum atomic E-state index is 11.4. The van der Waals surface area contributed by atoms with Crippen LogP contribution in [-0.2, 0) is 19.7 Å². The van der Waals surface area contributed by atoms with E-state index in [1.807, 2.05) is 6.07 Å². The van der Waals surface area contributed by atoms with E-state index in [1.54, 1.807) is 42.5 Å². The second kappa shape index (κ2) is 9.63. The van der Waals surface area contributed by atoms with Gasteiger partial charge < -0.3 is 25.2 Å². The molecule has 0 aliphatic heterocycles. The van der Waals surface area contributed by atoms with E-state index >= 15 is 0 Å². The number of H-pyrrole nitrogens is 2. The highest BCUT2D eigenvalue weighted by atomic mass is 32.2. The number of nitrogens with two attached hydrogens (primary N) is 1. The zero-order valence-electron chi connectivity index (χ0n) is 18.1. The molecule has 0 saturated carbocycles. The van der Waals surface area contributed by atoms with Crippen molar-refractivity contribution in [2.45, 2.75) is 0 Å². The summed E-state index contributed by atoms with van der Waals surface area (Å²) in [6, 6.07) is 13.7. The topological polar surface area (TPSA) is 168 Å². The van der Waals surface area contributed by atoms with Crippen LogP contribution in [0.4, 0.5) is 11.4 Å². The number of hydrogen-bond acceptors (Lipinski definition) is 7. The summed E-state index contributed by atoms with van der Waals surface area (Å²) in [5.74, 6) is -0.853. The Morgan fingerprint density at radius 3 is 1.88 bits per heavy atom. The Morgan fingerprint density at radius 1 is 0.848 bits per heavy atom. The molecular weight excluding hydrogens is 450 g/mol. The predicted molar refractivity (Wildman–Crippen MR) is 125 cm³/mol. The molecule has 11 nitrogen and oxygen atoms in total. The number of aromatic nitrogens is 2. The van der Waals surface area contributed by atoms with Crippen LogP contribution in [0.25, 0.3) is 21.8 Å². The van der Waals surface area contributed by atoms with Crippen molar-refractivity contribution in [1.82, 2.24) is 14.7 Å². The number of benzene rings is 2. The number of nitrogen functional groups attached to an aromatic ring is 1. The van der Waals surface area contributed by atoms with Crippen LogP contribution >= 0.6 is 0 Å². The lowest BCUT2D eigenvalue weighted by molar-refractivity contribution is 0.0586. The number of nitrogens with one attached hydrogen (secondary N) is 4. The first-order valence-electron chi connectivity index (χ1n) is 9.54. The average molecular weight is 474 g/mol. The van der Waals surface area contributed by atoms with Gasteiger partial charge in [0.1, 0.15) is 11.4 Å². The highest BCUT2D eigenvalue weighted by Gasteiger charge is 2.11. The first kappa shape index (κ1) is 23.6. The van der Waals surface area contributed by atoms with Gasteiger partial charge in [-0.3, -0.25) is 4.72 Å². The van der Waals surface area contributed by atoms with E-state index in [-0.39, 0.29) is 5.97 Å². The molecule has 6 N–H and O–H groups in total. The van der Waals surface area contributed by atoms with Crippen molar-refractivity contribution >= 4 is 55.3 Å². The maximum Gasteiger partial charge on any atom is 0.354 e. The first-order chi connectivity index (χ1) is 15.7. The lowest BCUT2D eigenvalue weighted by Crippen LogP contribution is -2.26. The van der Waals surface area contributed by atoms with Gasteiger partial charge in [-0.25, -0.2) is 14.3 Å². The number of rotatable bonds is 5. The van der Waals surface area contributed by atoms with Crippen molar-refractivity contribution in [1.29, 1.82) is 0 Å². The molecule has 0 amide bonds. The van der Waals surface area contributed by atoms with Crippen LogP contribution in [0.15, 0.2) is 48.5 Å². The van der Waals surface area contributed by atoms with Gasteiger partial charge >= 0.3 is 11.9 Å². The first-order valence-corrected chi connectivity index (χ1v) is 11.0. The molecule has 0 fully saturated rings. The van der Waals surface area contributed by atoms with Crippen LogP contribution in [0.3, 0.4) is 0 Å². The lowest BCUT2D eigenvalue weighted by Gasteiger charge is -2.05. The Balaban J connectivity index is 0.000000194. The van der Waals surface area contributed by atoms with E-state index in [0.29, 0.717) is 28.3 Å². The van der Waals surface area contributed by atoms with E-state index in [9.17, 15) is 18.0 Å². The van der Waals surface area contributed by atoms with Crippen LogP contribution in [0.2, 0.25) is 0 Å². The molecule has 0 radical (unpaired) electrons. The van der Waals surface area contributed by atoms with Gasteiger partial charge in [-0.05, 0) is 36.4 Å². The van der Waals surface area contributed by atoms with E-state index in [4.69, 9.17) is 5.73 Å². The van der Waals surface area contributed by atoms with Crippen molar-refractivity contribution in [2.75, 3.05) is 31.7 Å². The molecule has 12 heteroatoms. The third kappa shape index (κ3) is 5.61. The van der Waals surface area contributed by atoms with Gasteiger partial charge in [-0.2, -0.15) is 8.42 Å². The Kier molecular flexibility index (Phi) is 6.89. The molecule has 4 rings (SSSR count). The minimum absolute atomic E-state index is 0.311. The zero-order chi connectivity index (χ0) is 24.2. The van der Waals surface area contributed by atoms with E-state index in [0.717, 1.165) is 16.3 Å². The van der Waals surface area contributed by atoms with Crippen LogP contribution in [0, 0.1) is 0 Å². The van der Waals surface area contributed by atoms with E-state index in [1.165, 1.54) is 21.3 Å². The molecule has 0 spiro atoms. The number of anilines is 2. The van der Waals surface area contributed by atoms with Gasteiger partial charge in [0.15, 0.2) is 0 Å². The second-order valence-electron chi connectivity index (χ2n) is 6.81. The molecule has 2 aromatic heterocycles. The fourth-order valence-corrected chi connectivity index (χ4v) is 3.52. The Hall–Kier alpha value is -4.03. The molecule has 0 unspecified atom stereocenters. The summed E-state index contributed by atoms with van der Waals surface area (Å²) >= 11 is 0. The number of esters is 2. The normalized spacial score (nSPS) is 11.0. The van der Waals surface area contributed by atoms with Gasteiger partial charge in [0, 0.05) is 34.5 Å². The van der Waals surface area contributed by atoms with Crippen molar-refractivity contribution in [3.8, 4) is 0 Å². The van der Waals surface area contributed by atoms with Gasteiger partial charge in [0.25, 0.3) is 10.2 Å². The highest BCUT2D eigenvalue weighted by molar-refractivity contribution is 7.90. The standard InChI is InChI=1S/C11H13N3O4S.C10H10N2O2/c1-12-19(16,17)14-8-4-3-7-5-10(11(15)18-2)13-9(7)6-8;1-14-10(13)9-4-6-2-3-7(11)5-8(6)12-9/h3-6,12-14H,1-2H3;2-5,12H,11H2,1H3. The minimum Gasteiger partial charge on any atom is -0.464 e. The monoisotopic (exact) mass is 473 g/mol. The minimum atomic E-state index is -3.56. The van der Waals surface area contributed by atoms with Crippen LogP contribution < -0.4 is 15.2 Å². The number of ether oxygens (including phenoxy) is 2. The summed E-state index contributed by atoms with van der Waals surface area (Å²) in [5.41, 5.74) is 8.88. The van der Waals surface area contributed by atoms with Crippen molar-refractivity contribution < 1.29 is 27.5 Å². The van der Waals surface area contributed by atoms with Gasteiger partial charge in [0.2, 0.25) is 0 Å². The summed E-state index contributed by atoms with van der Waals surface area (Å²) in [5, 5.41) is 1.73. The largest absolute Gasteiger partial charge is 0.464 e. The predicted octanol–water partition coefficient (Wildman–Crippen LogP) is 2.37. The van der Waals surface area contributed by atoms with E-state index < -0.39 is 16.2 Å². The molecule has 4 aromatic rings. The highest BCUT2D eigenvalue weighted by Crippen LogP contribution is 2.21. The van der Waals surface area contributed by atoms with Crippen LogP contribution in [0.1, 0.15) is 21.0 Å². The molecule has 0 aliphatic rings. The number of aromatic amines is 2. The SMILES string of the molecule is CNS(=O)(=O)Nc1ccc2cc(C(=O)OC)[nH]c2c1.COC(=O)c1cc2ccc(N)cc2[nH]1. The number of fused-ring (bicyclic) bond motifs is 2. The van der Waals surface area contributed by atoms with Gasteiger partial charge in [-0.1, -0.05) is 12.1 Å². The molecule has 0 aliphatic carbocycles. The van der Waals surface area contributed by atoms with Gasteiger partial charge in [0.05, 0.1) is 19.9 Å². The fraction of sp³-hybridized carbons (Fsp3) is 0.143. The molecule has 2 aromatic carbocycles. The quantitative estimate of drug-likeness (QED) is 0.219. The maximum absolute atomic E-state index is 11.4. The molecule has 0 saturated heterocycles. The van der Waals surface area contributed by atoms with Crippen molar-refractivity contribution in [3.05, 3.63) is 59.9 Å². The molecular formula is C21H23N5O6S. The second-order valence-corrected chi connectivity index (χ2v) is 8.43. The Morgan fingerprint density at radius 2 is 1.36 bits per heavy atom. The number of hydrogen-bond donors (Lipinski definition) is 5. The molecule has 0 bridgehead atoms. The summed E-state index contributed by atoms with van der Waals surface area (Å²) < 4.78 is 36.4. The lowest BCUT2D eigenvalue weighted by atomic mass is 10.2. The van der Waals surface area contributed by atoms with Crippen molar-refractivity contribution in [2.24, 2.45) is 0 Å². The number of carbonyl (C=O) groups excluding carboxylic acids is 2. The summed E-state index contributed by atoms with van der Waals surface area (Å²) in [6.45, 7) is 0. The smallest absolute Gasteiger partial charge is 0.354 e. The summed E-state index contributed by atoms with van der Waals surface area (Å²) in [4.78, 5) is 28.3. The molecule has 0 atom stereocenters. The van der Waals surface area contributed by atoms with Gasteiger partial charge in [-0.15, -0.1) is 0 Å². The number of methoxy groups -OCH3 is 2. The van der Waals surface area contributed by atoms with Crippen LogP contribution in [-0.4, -0.2) is 51.6 Å².